The first-order valence-corrected chi connectivity index (χ1v) is 1.99. The Bertz CT molecular complexity index is 73.7. The highest BCUT2D eigenvalue weighted by Gasteiger charge is 2.16. The molecule has 0 nitrogen and oxygen atoms in total. The van der Waals surface area contributed by atoms with Gasteiger partial charge in [0.05, 0.1) is 0 Å². The van der Waals surface area contributed by atoms with E-state index in [1.54, 1.807) is 5.47 Å². The Kier molecular flexibility index (Phi) is 0.390. The molecule has 0 atom stereocenters. The van der Waals surface area contributed by atoms with Crippen LogP contribution in [0.15, 0.2) is 11.4 Å². The molecule has 0 aromatic rings. The van der Waals surface area contributed by atoms with Crippen LogP contribution in [0.4, 0.5) is 0 Å². The van der Waals surface area contributed by atoms with E-state index in [1.807, 2.05) is 0 Å². The average molecular weight is 65.9 g/mol. The second-order valence-corrected chi connectivity index (χ2v) is 1.70. The molecule has 0 saturated carbocycles. The molecule has 0 radical (unpaired) electrons. The Hall–Kier alpha value is -0.195. The predicted octanol–water partition coefficient (Wildman–Crippen LogP) is 1.15. The second-order valence-electron chi connectivity index (χ2n) is 1.70. The van der Waals surface area contributed by atoms with Crippen molar-refractivity contribution < 1.29 is 0 Å². The molecule has 0 bridgehead atoms. The van der Waals surface area contributed by atoms with Gasteiger partial charge in [-0.3, -0.25) is 0 Å². The zero-order chi connectivity index (χ0) is 3.86. The molecule has 1 rings (SSSR count). The topological polar surface area (TPSA) is 0 Å². The zero-order valence-corrected chi connectivity index (χ0v) is 3.65. The van der Waals surface area contributed by atoms with Crippen molar-refractivity contribution in [3.05, 3.63) is 11.4 Å². The maximum Gasteiger partial charge on any atom is 0.190 e. The Morgan fingerprint density at radius 1 is 1.80 bits per heavy atom. The summed E-state index contributed by atoms with van der Waals surface area (Å²) in [5.74, 6) is 2.25. The maximum absolute atomic E-state index is 2.25. The van der Waals surface area contributed by atoms with Crippen molar-refractivity contribution in [2.24, 2.45) is 0 Å². The third kappa shape index (κ3) is 0.368. The molecule has 0 fully saturated rings. The van der Waals surface area contributed by atoms with Gasteiger partial charge in [-0.25, -0.2) is 0 Å². The lowest BCUT2D eigenvalue weighted by atomic mass is 9.67. The molecule has 0 N–H and O–H groups in total. The van der Waals surface area contributed by atoms with Crippen molar-refractivity contribution in [1.82, 2.24) is 0 Å². The van der Waals surface area contributed by atoms with Crippen LogP contribution < -0.4 is 0 Å². The van der Waals surface area contributed by atoms with Crippen LogP contribution in [0.5, 0.6) is 0 Å². The molecule has 1 aliphatic heterocycles. The minimum Gasteiger partial charge on any atom is -0.120 e. The molecule has 5 heavy (non-hydrogen) atoms. The van der Waals surface area contributed by atoms with E-state index in [1.165, 1.54) is 0 Å². The average Bonchev–Trinajstić information content (AvgIpc) is 1.79. The first-order valence-electron chi connectivity index (χ1n) is 1.99. The van der Waals surface area contributed by atoms with E-state index in [9.17, 15) is 0 Å². The van der Waals surface area contributed by atoms with Crippen LogP contribution in [-0.4, -0.2) is 6.71 Å². The zero-order valence-electron chi connectivity index (χ0n) is 3.65. The van der Waals surface area contributed by atoms with Crippen LogP contribution in [0, 0.1) is 0 Å². The fraction of sp³-hybridized carbons (Fsp3) is 0.500. The first-order chi connectivity index (χ1) is 2.30. The number of rotatable bonds is 0. The molecule has 0 unspecified atom stereocenters. The molecule has 0 aromatic heterocycles. The molecule has 1 heteroatoms. The van der Waals surface area contributed by atoms with E-state index in [0.717, 1.165) is 6.71 Å². The minimum absolute atomic E-state index is 0.843. The van der Waals surface area contributed by atoms with Gasteiger partial charge in [-0.05, 0) is 0 Å². The SMILES string of the molecule is CB1C=C1C. The number of hydrogen-bond donors (Lipinski definition) is 0. The summed E-state index contributed by atoms with van der Waals surface area (Å²) in [4.78, 5) is 0. The smallest absolute Gasteiger partial charge is 0.120 e. The van der Waals surface area contributed by atoms with E-state index >= 15 is 0 Å². The third-order valence-corrected chi connectivity index (χ3v) is 1.12. The Balaban J connectivity index is 2.38. The van der Waals surface area contributed by atoms with E-state index in [4.69, 9.17) is 0 Å². The summed E-state index contributed by atoms with van der Waals surface area (Å²) in [5.41, 5.74) is 1.55. The van der Waals surface area contributed by atoms with Crippen LogP contribution in [0.1, 0.15) is 6.92 Å². The van der Waals surface area contributed by atoms with Gasteiger partial charge in [0.25, 0.3) is 0 Å². The molecule has 0 aliphatic carbocycles. The number of hydrogen-bond acceptors (Lipinski definition) is 0. The van der Waals surface area contributed by atoms with Crippen LogP contribution >= 0.6 is 0 Å². The van der Waals surface area contributed by atoms with Crippen molar-refractivity contribution >= 4 is 6.71 Å². The largest absolute Gasteiger partial charge is 0.190 e. The highest BCUT2D eigenvalue weighted by molar-refractivity contribution is 6.81. The van der Waals surface area contributed by atoms with Gasteiger partial charge >= 0.3 is 0 Å². The molecule has 1 aliphatic rings. The summed E-state index contributed by atoms with van der Waals surface area (Å²) in [6.45, 7) is 5.20. The normalized spacial score (nSPS) is 18.8. The first kappa shape index (κ1) is 3.01. The summed E-state index contributed by atoms with van der Waals surface area (Å²) >= 11 is 0. The van der Waals surface area contributed by atoms with Crippen molar-refractivity contribution in [2.45, 2.75) is 13.7 Å². The Morgan fingerprint density at radius 2 is 2.00 bits per heavy atom. The van der Waals surface area contributed by atoms with Crippen LogP contribution in [-0.2, 0) is 0 Å². The molecule has 0 spiro atoms. The van der Waals surface area contributed by atoms with Gasteiger partial charge in [0, 0.05) is 0 Å². The fourth-order valence-electron chi connectivity index (χ4n) is 0.346. The molecule has 0 amide bonds. The lowest BCUT2D eigenvalue weighted by Crippen LogP contribution is -1.76. The van der Waals surface area contributed by atoms with E-state index in [0.29, 0.717) is 0 Å². The van der Waals surface area contributed by atoms with Crippen molar-refractivity contribution in [1.29, 1.82) is 0 Å². The van der Waals surface area contributed by atoms with Gasteiger partial charge in [-0.1, -0.05) is 13.7 Å². The lowest BCUT2D eigenvalue weighted by Gasteiger charge is -1.63. The maximum atomic E-state index is 2.25. The standard InChI is InChI=1S/C4H7B/c1-4-3-5(4)2/h3H,1-2H3. The van der Waals surface area contributed by atoms with Gasteiger partial charge in [0.15, 0.2) is 6.71 Å². The summed E-state index contributed by atoms with van der Waals surface area (Å²) in [5, 5.41) is 0. The molecular weight excluding hydrogens is 58.9 g/mol. The van der Waals surface area contributed by atoms with Gasteiger partial charge in [-0.2, -0.15) is 0 Å². The van der Waals surface area contributed by atoms with Crippen molar-refractivity contribution in [2.75, 3.05) is 0 Å². The summed E-state index contributed by atoms with van der Waals surface area (Å²) < 4.78 is 0. The lowest BCUT2D eigenvalue weighted by molar-refractivity contribution is 1.75. The summed E-state index contributed by atoms with van der Waals surface area (Å²) in [6.07, 6.45) is 0. The molecule has 26 valence electrons. The fourth-order valence-corrected chi connectivity index (χ4v) is 0.346. The van der Waals surface area contributed by atoms with Crippen LogP contribution in [0.25, 0.3) is 0 Å². The quantitative estimate of drug-likeness (QED) is 0.372. The van der Waals surface area contributed by atoms with Crippen LogP contribution in [0.3, 0.4) is 0 Å². The Morgan fingerprint density at radius 3 is 2.00 bits per heavy atom. The second kappa shape index (κ2) is 0.646. The molecule has 0 saturated heterocycles. The predicted molar refractivity (Wildman–Crippen MR) is 25.4 cm³/mol. The third-order valence-electron chi connectivity index (χ3n) is 1.12. The van der Waals surface area contributed by atoms with Crippen molar-refractivity contribution in [3.63, 3.8) is 0 Å². The monoisotopic (exact) mass is 66.1 g/mol. The van der Waals surface area contributed by atoms with E-state index in [-0.39, 0.29) is 0 Å². The number of allylic oxidation sites excluding steroid dienone is 1. The van der Waals surface area contributed by atoms with Crippen LogP contribution in [0.2, 0.25) is 6.82 Å². The van der Waals surface area contributed by atoms with Gasteiger partial charge in [-0.15, -0.1) is 11.4 Å². The molecular formula is C4H7B. The molecule has 0 aromatic carbocycles. The van der Waals surface area contributed by atoms with Gasteiger partial charge < -0.3 is 0 Å². The Labute approximate surface area is 33.0 Å². The summed E-state index contributed by atoms with van der Waals surface area (Å²) in [6, 6.07) is 0. The minimum atomic E-state index is 0.843. The van der Waals surface area contributed by atoms with E-state index < -0.39 is 0 Å². The molecule has 1 heterocycles. The highest BCUT2D eigenvalue weighted by Crippen LogP contribution is 2.14. The van der Waals surface area contributed by atoms with Gasteiger partial charge in [0.1, 0.15) is 0 Å². The highest BCUT2D eigenvalue weighted by atomic mass is 13.8. The van der Waals surface area contributed by atoms with Crippen molar-refractivity contribution in [3.8, 4) is 0 Å². The van der Waals surface area contributed by atoms with E-state index in [2.05, 4.69) is 19.7 Å². The van der Waals surface area contributed by atoms with Gasteiger partial charge in [0.2, 0.25) is 0 Å². The summed E-state index contributed by atoms with van der Waals surface area (Å²) in [7, 11) is 0.